The van der Waals surface area contributed by atoms with E-state index in [2.05, 4.69) is 4.90 Å². The first-order chi connectivity index (χ1) is 12.7. The highest BCUT2D eigenvalue weighted by molar-refractivity contribution is 5.15. The number of rotatable bonds is 8. The lowest BCUT2D eigenvalue weighted by Crippen LogP contribution is -2.36. The molecule has 1 aromatic carbocycles. The van der Waals surface area contributed by atoms with Crippen LogP contribution >= 0.6 is 0 Å². The monoisotopic (exact) mass is 358 g/mol. The molecule has 0 bridgehead atoms. The van der Waals surface area contributed by atoms with E-state index in [1.54, 1.807) is 4.68 Å². The van der Waals surface area contributed by atoms with Crippen LogP contribution in [0.25, 0.3) is 0 Å². The van der Waals surface area contributed by atoms with Crippen LogP contribution in [0.4, 0.5) is 0 Å². The summed E-state index contributed by atoms with van der Waals surface area (Å²) in [6.45, 7) is 9.91. The molecular weight excluding hydrogens is 328 g/mol. The van der Waals surface area contributed by atoms with Crippen molar-refractivity contribution in [3.63, 3.8) is 0 Å². The summed E-state index contributed by atoms with van der Waals surface area (Å²) >= 11 is 0. The Morgan fingerprint density at radius 1 is 1.15 bits per heavy atom. The van der Waals surface area contributed by atoms with Gasteiger partial charge in [-0.15, -0.1) is 0 Å². The highest BCUT2D eigenvalue weighted by Crippen LogP contribution is 2.26. The van der Waals surface area contributed by atoms with Crippen LogP contribution in [-0.2, 0) is 17.8 Å². The van der Waals surface area contributed by atoms with E-state index in [4.69, 9.17) is 9.84 Å². The predicted molar refractivity (Wildman–Crippen MR) is 103 cm³/mol. The summed E-state index contributed by atoms with van der Waals surface area (Å²) in [5.74, 6) is 1.32. The van der Waals surface area contributed by atoms with Gasteiger partial charge < -0.3 is 9.64 Å². The normalized spacial score (nSPS) is 16.2. The predicted octanol–water partition coefficient (Wildman–Crippen LogP) is 2.33. The maximum atomic E-state index is 12.7. The zero-order chi connectivity index (χ0) is 18.4. The largest absolute Gasteiger partial charge is 0.380 e. The van der Waals surface area contributed by atoms with Crippen molar-refractivity contribution in [3.8, 4) is 0 Å². The van der Waals surface area contributed by atoms with E-state index in [-0.39, 0.29) is 5.69 Å². The average Bonchev–Trinajstić information content (AvgIpc) is 2.99. The third-order valence-corrected chi connectivity index (χ3v) is 5.15. The van der Waals surface area contributed by atoms with Crippen LogP contribution < -0.4 is 5.69 Å². The van der Waals surface area contributed by atoms with Crippen molar-refractivity contribution in [2.24, 2.45) is 0 Å². The van der Waals surface area contributed by atoms with E-state index in [1.165, 1.54) is 0 Å². The molecule has 0 spiro atoms. The number of nitrogens with zero attached hydrogens (tertiary/aromatic N) is 4. The minimum absolute atomic E-state index is 0.00475. The molecule has 1 saturated heterocycles. The Morgan fingerprint density at radius 3 is 2.54 bits per heavy atom. The maximum Gasteiger partial charge on any atom is 0.346 e. The van der Waals surface area contributed by atoms with Crippen molar-refractivity contribution in [3.05, 3.63) is 52.2 Å². The number of hydrogen-bond donors (Lipinski definition) is 0. The Kier molecular flexibility index (Phi) is 6.63. The second-order valence-corrected chi connectivity index (χ2v) is 6.84. The second kappa shape index (κ2) is 9.14. The molecule has 6 nitrogen and oxygen atoms in total. The van der Waals surface area contributed by atoms with Crippen LogP contribution in [-0.4, -0.2) is 52.1 Å². The maximum absolute atomic E-state index is 12.7. The van der Waals surface area contributed by atoms with Crippen molar-refractivity contribution in [1.29, 1.82) is 0 Å². The number of aromatic nitrogens is 3. The van der Waals surface area contributed by atoms with Gasteiger partial charge >= 0.3 is 5.69 Å². The third kappa shape index (κ3) is 4.43. The van der Waals surface area contributed by atoms with Crippen molar-refractivity contribution in [1.82, 2.24) is 19.2 Å². The Balaban J connectivity index is 1.68. The first kappa shape index (κ1) is 18.9. The van der Waals surface area contributed by atoms with Gasteiger partial charge in [0.05, 0.1) is 13.2 Å². The molecule has 1 aliphatic heterocycles. The highest BCUT2D eigenvalue weighted by atomic mass is 16.5. The summed E-state index contributed by atoms with van der Waals surface area (Å²) in [6, 6.07) is 10.1. The van der Waals surface area contributed by atoms with E-state index in [0.29, 0.717) is 19.0 Å². The molecule has 0 saturated carbocycles. The lowest BCUT2D eigenvalue weighted by atomic mass is 9.96. The smallest absolute Gasteiger partial charge is 0.346 e. The Morgan fingerprint density at radius 2 is 1.88 bits per heavy atom. The molecule has 1 aliphatic rings. The molecule has 0 aliphatic carbocycles. The molecule has 0 N–H and O–H groups in total. The minimum Gasteiger partial charge on any atom is -0.380 e. The van der Waals surface area contributed by atoms with E-state index in [0.717, 1.165) is 57.1 Å². The molecule has 0 unspecified atom stereocenters. The number of benzene rings is 1. The molecule has 6 heteroatoms. The van der Waals surface area contributed by atoms with E-state index < -0.39 is 0 Å². The van der Waals surface area contributed by atoms with Crippen LogP contribution in [0, 0.1) is 0 Å². The molecule has 2 heterocycles. The van der Waals surface area contributed by atoms with Crippen molar-refractivity contribution in [2.45, 2.75) is 45.7 Å². The third-order valence-electron chi connectivity index (χ3n) is 5.15. The van der Waals surface area contributed by atoms with Gasteiger partial charge in [0.25, 0.3) is 0 Å². The summed E-state index contributed by atoms with van der Waals surface area (Å²) < 4.78 is 8.93. The Labute approximate surface area is 155 Å². The number of ether oxygens (including phenoxy) is 1. The van der Waals surface area contributed by atoms with Crippen molar-refractivity contribution in [2.75, 3.05) is 32.8 Å². The molecule has 0 radical (unpaired) electrons. The zero-order valence-electron chi connectivity index (χ0n) is 15.9. The highest BCUT2D eigenvalue weighted by Gasteiger charge is 2.26. The fraction of sp³-hybridized carbons (Fsp3) is 0.600. The quantitative estimate of drug-likeness (QED) is 0.680. The number of hydrogen-bond acceptors (Lipinski definition) is 4. The van der Waals surface area contributed by atoms with Gasteiger partial charge in [-0.05, 0) is 45.3 Å². The standard InChI is InChI=1S/C20H30N4O2/c1-3-23-19(18-10-12-22(13-11-18)14-15-26-4-2)21-24(20(23)25)16-17-8-6-5-7-9-17/h5-9,18H,3-4,10-16H2,1-2H3. The van der Waals surface area contributed by atoms with Gasteiger partial charge in [0, 0.05) is 25.6 Å². The van der Waals surface area contributed by atoms with Gasteiger partial charge in [-0.25, -0.2) is 9.48 Å². The molecule has 142 valence electrons. The second-order valence-electron chi connectivity index (χ2n) is 6.84. The lowest BCUT2D eigenvalue weighted by Gasteiger charge is -2.31. The lowest BCUT2D eigenvalue weighted by molar-refractivity contribution is 0.101. The summed E-state index contributed by atoms with van der Waals surface area (Å²) in [6.07, 6.45) is 2.10. The van der Waals surface area contributed by atoms with Gasteiger partial charge in [0.15, 0.2) is 0 Å². The van der Waals surface area contributed by atoms with E-state index >= 15 is 0 Å². The van der Waals surface area contributed by atoms with Crippen LogP contribution in [0.1, 0.15) is 44.0 Å². The van der Waals surface area contributed by atoms with E-state index in [1.807, 2.05) is 48.7 Å². The molecule has 2 aromatic rings. The molecule has 1 aromatic heterocycles. The first-order valence-electron chi connectivity index (χ1n) is 9.74. The summed E-state index contributed by atoms with van der Waals surface area (Å²) in [7, 11) is 0. The van der Waals surface area contributed by atoms with Gasteiger partial charge in [-0.1, -0.05) is 30.3 Å². The van der Waals surface area contributed by atoms with Gasteiger partial charge in [-0.3, -0.25) is 4.57 Å². The molecular formula is C20H30N4O2. The van der Waals surface area contributed by atoms with Gasteiger partial charge in [-0.2, -0.15) is 5.10 Å². The Bertz CT molecular complexity index is 730. The first-order valence-corrected chi connectivity index (χ1v) is 9.74. The van der Waals surface area contributed by atoms with Crippen LogP contribution in [0.15, 0.2) is 35.1 Å². The van der Waals surface area contributed by atoms with Crippen LogP contribution in [0.3, 0.4) is 0 Å². The Hall–Kier alpha value is -1.92. The van der Waals surface area contributed by atoms with Crippen molar-refractivity contribution < 1.29 is 4.74 Å². The summed E-state index contributed by atoms with van der Waals surface area (Å²) in [5.41, 5.74) is 1.11. The number of likely N-dealkylation sites (tertiary alicyclic amines) is 1. The van der Waals surface area contributed by atoms with Gasteiger partial charge in [0.2, 0.25) is 0 Å². The minimum atomic E-state index is 0.00475. The van der Waals surface area contributed by atoms with E-state index in [9.17, 15) is 4.79 Å². The fourth-order valence-corrected chi connectivity index (χ4v) is 3.67. The van der Waals surface area contributed by atoms with Crippen LogP contribution in [0.5, 0.6) is 0 Å². The summed E-state index contributed by atoms with van der Waals surface area (Å²) in [4.78, 5) is 15.2. The van der Waals surface area contributed by atoms with Crippen LogP contribution in [0.2, 0.25) is 0 Å². The fourth-order valence-electron chi connectivity index (χ4n) is 3.67. The van der Waals surface area contributed by atoms with Gasteiger partial charge in [0.1, 0.15) is 5.82 Å². The van der Waals surface area contributed by atoms with Crippen molar-refractivity contribution >= 4 is 0 Å². The average molecular weight is 358 g/mol. The molecule has 26 heavy (non-hydrogen) atoms. The molecule has 0 amide bonds. The summed E-state index contributed by atoms with van der Waals surface area (Å²) in [5, 5.41) is 4.72. The molecule has 3 rings (SSSR count). The molecule has 1 fully saturated rings. The topological polar surface area (TPSA) is 52.3 Å². The SMILES string of the molecule is CCOCCN1CCC(c2nn(Cc3ccccc3)c(=O)n2CC)CC1. The zero-order valence-corrected chi connectivity index (χ0v) is 15.9. The molecule has 0 atom stereocenters. The number of piperidine rings is 1.